The first kappa shape index (κ1) is 22.4. The van der Waals surface area contributed by atoms with Gasteiger partial charge in [-0.25, -0.2) is 4.98 Å². The van der Waals surface area contributed by atoms with Crippen molar-refractivity contribution in [1.29, 1.82) is 0 Å². The number of anilines is 1. The predicted molar refractivity (Wildman–Crippen MR) is 132 cm³/mol. The number of hydrogen-bond donors (Lipinski definition) is 2. The molecule has 0 atom stereocenters. The Morgan fingerprint density at radius 3 is 2.88 bits per heavy atom. The summed E-state index contributed by atoms with van der Waals surface area (Å²) in [6.45, 7) is 4.43. The predicted octanol–water partition coefficient (Wildman–Crippen LogP) is 5.95. The third kappa shape index (κ3) is 5.15. The summed E-state index contributed by atoms with van der Waals surface area (Å²) in [6.07, 6.45) is 2.71. The molecule has 4 rings (SSSR count). The van der Waals surface area contributed by atoms with E-state index in [0.29, 0.717) is 22.9 Å². The number of aromatic nitrogens is 4. The van der Waals surface area contributed by atoms with Crippen LogP contribution in [0.25, 0.3) is 11.4 Å². The standard InChI is InChI=1S/C23H22ClN5OS2/c1-14-5-3-8-17(11-14)21-27-28-23(31)29(21)10-9-19(30)26-22-25-13-18(32-22)12-16-7-4-6-15(2)20(16)24/h3-8,11,13H,9-10,12H2,1-2H3,(H,28,31)(H,25,26,30). The fourth-order valence-corrected chi connectivity index (χ4v) is 4.67. The maximum absolute atomic E-state index is 12.5. The van der Waals surface area contributed by atoms with Crippen molar-refractivity contribution in [2.75, 3.05) is 5.32 Å². The summed E-state index contributed by atoms with van der Waals surface area (Å²) >= 11 is 13.2. The fraction of sp³-hybridized carbons (Fsp3) is 0.217. The van der Waals surface area contributed by atoms with E-state index < -0.39 is 0 Å². The van der Waals surface area contributed by atoms with Gasteiger partial charge in [-0.2, -0.15) is 5.10 Å². The molecule has 0 fully saturated rings. The largest absolute Gasteiger partial charge is 0.302 e. The zero-order chi connectivity index (χ0) is 22.7. The molecule has 0 aliphatic carbocycles. The second kappa shape index (κ2) is 9.77. The van der Waals surface area contributed by atoms with E-state index in [-0.39, 0.29) is 12.3 Å². The maximum Gasteiger partial charge on any atom is 0.227 e. The van der Waals surface area contributed by atoms with Gasteiger partial charge in [0, 0.05) is 41.0 Å². The summed E-state index contributed by atoms with van der Waals surface area (Å²) < 4.78 is 2.33. The monoisotopic (exact) mass is 483 g/mol. The van der Waals surface area contributed by atoms with E-state index in [2.05, 4.69) is 20.5 Å². The van der Waals surface area contributed by atoms with Crippen LogP contribution in [0.2, 0.25) is 5.02 Å². The summed E-state index contributed by atoms with van der Waals surface area (Å²) in [5.74, 6) is 0.593. The van der Waals surface area contributed by atoms with Gasteiger partial charge in [-0.1, -0.05) is 53.6 Å². The normalized spacial score (nSPS) is 11.0. The van der Waals surface area contributed by atoms with Gasteiger partial charge in [0.1, 0.15) is 0 Å². The smallest absolute Gasteiger partial charge is 0.227 e. The van der Waals surface area contributed by atoms with E-state index >= 15 is 0 Å². The van der Waals surface area contributed by atoms with Gasteiger partial charge in [-0.3, -0.25) is 14.5 Å². The van der Waals surface area contributed by atoms with Crippen molar-refractivity contribution in [3.63, 3.8) is 0 Å². The number of carbonyl (C=O) groups excluding carboxylic acids is 1. The molecule has 6 nitrogen and oxygen atoms in total. The molecule has 4 aromatic rings. The summed E-state index contributed by atoms with van der Waals surface area (Å²) in [4.78, 5) is 17.9. The lowest BCUT2D eigenvalue weighted by molar-refractivity contribution is -0.116. The fourth-order valence-electron chi connectivity index (χ4n) is 3.40. The van der Waals surface area contributed by atoms with Gasteiger partial charge in [0.15, 0.2) is 15.7 Å². The van der Waals surface area contributed by atoms with Crippen LogP contribution < -0.4 is 5.32 Å². The minimum Gasteiger partial charge on any atom is -0.302 e. The molecule has 0 bridgehead atoms. The second-order valence-corrected chi connectivity index (χ2v) is 9.41. The van der Waals surface area contributed by atoms with Gasteiger partial charge in [-0.15, -0.1) is 11.3 Å². The van der Waals surface area contributed by atoms with Crippen molar-refractivity contribution < 1.29 is 4.79 Å². The van der Waals surface area contributed by atoms with E-state index in [4.69, 9.17) is 23.8 Å². The molecule has 0 aliphatic heterocycles. The molecule has 2 N–H and O–H groups in total. The number of rotatable bonds is 7. The second-order valence-electron chi connectivity index (χ2n) is 7.53. The number of hydrogen-bond acceptors (Lipinski definition) is 5. The summed E-state index contributed by atoms with van der Waals surface area (Å²) in [5, 5.41) is 11.4. The lowest BCUT2D eigenvalue weighted by Gasteiger charge is -2.07. The Kier molecular flexibility index (Phi) is 6.83. The van der Waals surface area contributed by atoms with Crippen molar-refractivity contribution in [2.24, 2.45) is 0 Å². The summed E-state index contributed by atoms with van der Waals surface area (Å²) in [7, 11) is 0. The number of H-pyrrole nitrogens is 1. The molecule has 0 saturated heterocycles. The van der Waals surface area contributed by atoms with E-state index in [1.54, 1.807) is 6.20 Å². The molecule has 0 aliphatic rings. The highest BCUT2D eigenvalue weighted by Crippen LogP contribution is 2.27. The maximum atomic E-state index is 12.5. The number of aromatic amines is 1. The zero-order valence-corrected chi connectivity index (χ0v) is 20.1. The van der Waals surface area contributed by atoms with E-state index in [0.717, 1.165) is 38.0 Å². The van der Waals surface area contributed by atoms with Crippen molar-refractivity contribution in [2.45, 2.75) is 33.2 Å². The van der Waals surface area contributed by atoms with Crippen LogP contribution in [0, 0.1) is 18.6 Å². The molecule has 2 heterocycles. The molecule has 2 aromatic heterocycles. The van der Waals surface area contributed by atoms with Gasteiger partial charge >= 0.3 is 0 Å². The molecule has 9 heteroatoms. The number of carbonyl (C=O) groups is 1. The Balaban J connectivity index is 1.39. The van der Waals surface area contributed by atoms with E-state index in [9.17, 15) is 4.79 Å². The minimum atomic E-state index is -0.127. The lowest BCUT2D eigenvalue weighted by Crippen LogP contribution is -2.15. The first-order valence-electron chi connectivity index (χ1n) is 10.1. The molecule has 0 unspecified atom stereocenters. The van der Waals surface area contributed by atoms with E-state index in [1.807, 2.05) is 60.9 Å². The van der Waals surface area contributed by atoms with Crippen molar-refractivity contribution in [3.05, 3.63) is 80.0 Å². The highest BCUT2D eigenvalue weighted by Gasteiger charge is 2.13. The number of nitrogens with zero attached hydrogens (tertiary/aromatic N) is 3. The van der Waals surface area contributed by atoms with Crippen molar-refractivity contribution in [1.82, 2.24) is 19.7 Å². The quantitative estimate of drug-likeness (QED) is 0.318. The first-order valence-corrected chi connectivity index (χ1v) is 11.7. The van der Waals surface area contributed by atoms with Gasteiger partial charge in [0.2, 0.25) is 5.91 Å². The SMILES string of the molecule is Cc1cccc(-c2n[nH]c(=S)n2CCC(=O)Nc2ncc(Cc3cccc(C)c3Cl)s2)c1. The van der Waals surface area contributed by atoms with Crippen LogP contribution >= 0.6 is 35.2 Å². The number of aryl methyl sites for hydroxylation is 2. The number of amides is 1. The van der Waals surface area contributed by atoms with Gasteiger partial charge in [0.25, 0.3) is 0 Å². The molecule has 2 aromatic carbocycles. The minimum absolute atomic E-state index is 0.127. The molecule has 0 saturated carbocycles. The Morgan fingerprint density at radius 2 is 2.06 bits per heavy atom. The van der Waals surface area contributed by atoms with Gasteiger partial charge < -0.3 is 5.32 Å². The highest BCUT2D eigenvalue weighted by atomic mass is 35.5. The van der Waals surface area contributed by atoms with Crippen molar-refractivity contribution in [3.8, 4) is 11.4 Å². The van der Waals surface area contributed by atoms with Crippen LogP contribution in [-0.4, -0.2) is 25.7 Å². The van der Waals surface area contributed by atoms with Crippen LogP contribution in [0.4, 0.5) is 5.13 Å². The third-order valence-corrected chi connectivity index (χ3v) is 6.80. The van der Waals surface area contributed by atoms with Crippen LogP contribution in [-0.2, 0) is 17.8 Å². The number of nitrogens with one attached hydrogen (secondary N) is 2. The molecule has 1 amide bonds. The molecule has 32 heavy (non-hydrogen) atoms. The Labute approximate surface area is 200 Å². The van der Waals surface area contributed by atoms with Gasteiger partial charge in [-0.05, 0) is 43.3 Å². The Bertz CT molecular complexity index is 1320. The topological polar surface area (TPSA) is 75.6 Å². The molecular formula is C23H22ClN5OS2. The molecule has 0 radical (unpaired) electrons. The lowest BCUT2D eigenvalue weighted by atomic mass is 10.1. The van der Waals surface area contributed by atoms with E-state index in [1.165, 1.54) is 11.3 Å². The summed E-state index contributed by atoms with van der Waals surface area (Å²) in [6, 6.07) is 14.0. The first-order chi connectivity index (χ1) is 15.4. The van der Waals surface area contributed by atoms with Gasteiger partial charge in [0.05, 0.1) is 0 Å². The number of benzene rings is 2. The number of halogens is 1. The van der Waals surface area contributed by atoms with Crippen molar-refractivity contribution >= 4 is 46.2 Å². The van der Waals surface area contributed by atoms with Crippen LogP contribution in [0.5, 0.6) is 0 Å². The van der Waals surface area contributed by atoms with Crippen LogP contribution in [0.15, 0.2) is 48.7 Å². The van der Waals surface area contributed by atoms with Crippen LogP contribution in [0.1, 0.15) is 28.0 Å². The third-order valence-electron chi connectivity index (χ3n) is 5.03. The molecule has 0 spiro atoms. The summed E-state index contributed by atoms with van der Waals surface area (Å²) in [5.41, 5.74) is 4.18. The Hall–Kier alpha value is -2.81. The molecule has 164 valence electrons. The average Bonchev–Trinajstić information content (AvgIpc) is 3.36. The highest BCUT2D eigenvalue weighted by molar-refractivity contribution is 7.71. The van der Waals surface area contributed by atoms with Crippen LogP contribution in [0.3, 0.4) is 0 Å². The zero-order valence-electron chi connectivity index (χ0n) is 17.7. The average molecular weight is 484 g/mol. The Morgan fingerprint density at radius 1 is 1.25 bits per heavy atom. The number of thiazole rings is 1. The molecular weight excluding hydrogens is 462 g/mol.